The molecule has 4 nitrogen and oxygen atoms in total. The van der Waals surface area contributed by atoms with E-state index in [1.54, 1.807) is 6.92 Å². The average Bonchev–Trinajstić information content (AvgIpc) is 3.22. The van der Waals surface area contributed by atoms with E-state index in [0.29, 0.717) is 11.8 Å². The Balaban J connectivity index is 1.70. The molecule has 2 bridgehead atoms. The van der Waals surface area contributed by atoms with Crippen molar-refractivity contribution < 1.29 is 18.0 Å². The fourth-order valence-electron chi connectivity index (χ4n) is 4.53. The quantitative estimate of drug-likeness (QED) is 0.847. The predicted octanol–water partition coefficient (Wildman–Crippen LogP) is 4.37. The number of aromatic nitrogens is 2. The van der Waals surface area contributed by atoms with Gasteiger partial charge < -0.3 is 5.32 Å². The predicted molar refractivity (Wildman–Crippen MR) is 88.2 cm³/mol. The highest BCUT2D eigenvalue weighted by molar-refractivity contribution is 6.32. The molecule has 2 aliphatic rings. The monoisotopic (exact) mass is 377 g/mol. The highest BCUT2D eigenvalue weighted by atomic mass is 35.5. The number of fused-ring (bicyclic) bond motifs is 2. The van der Waals surface area contributed by atoms with Gasteiger partial charge in [-0.05, 0) is 57.8 Å². The summed E-state index contributed by atoms with van der Waals surface area (Å²) in [5.41, 5.74) is -1.00. The SMILES string of the molecule is Cc1c(Cl)c(C(F)(F)F)nn1C(C)C(=O)NC(C)C1CC2CCC1C2. The second kappa shape index (κ2) is 6.49. The molecule has 0 spiro atoms. The summed E-state index contributed by atoms with van der Waals surface area (Å²) in [5.74, 6) is 1.57. The van der Waals surface area contributed by atoms with Gasteiger partial charge in [-0.1, -0.05) is 18.0 Å². The Kier molecular flexibility index (Phi) is 4.81. The fraction of sp³-hybridized carbons (Fsp3) is 0.765. The van der Waals surface area contributed by atoms with Gasteiger partial charge in [0.25, 0.3) is 0 Å². The normalized spacial score (nSPS) is 28.2. The van der Waals surface area contributed by atoms with Crippen molar-refractivity contribution >= 4 is 17.5 Å². The molecule has 2 fully saturated rings. The van der Waals surface area contributed by atoms with Crippen LogP contribution in [0.5, 0.6) is 0 Å². The Bertz CT molecular complexity index is 673. The maximum Gasteiger partial charge on any atom is 0.436 e. The highest BCUT2D eigenvalue weighted by Gasteiger charge is 2.43. The lowest BCUT2D eigenvalue weighted by molar-refractivity contribution is -0.142. The molecule has 0 aromatic carbocycles. The van der Waals surface area contributed by atoms with E-state index in [4.69, 9.17) is 11.6 Å². The zero-order chi connectivity index (χ0) is 18.5. The number of hydrogen-bond acceptors (Lipinski definition) is 2. The minimum Gasteiger partial charge on any atom is -0.352 e. The zero-order valence-electron chi connectivity index (χ0n) is 14.5. The molecule has 8 heteroatoms. The molecular formula is C17H23ClF3N3O. The molecule has 5 atom stereocenters. The Morgan fingerprint density at radius 1 is 1.32 bits per heavy atom. The van der Waals surface area contributed by atoms with Gasteiger partial charge in [0, 0.05) is 6.04 Å². The van der Waals surface area contributed by atoms with Crippen molar-refractivity contribution in [2.75, 3.05) is 0 Å². The molecule has 0 aliphatic heterocycles. The van der Waals surface area contributed by atoms with Crippen LogP contribution in [0.25, 0.3) is 0 Å². The van der Waals surface area contributed by atoms with Crippen LogP contribution in [0, 0.1) is 24.7 Å². The number of hydrogen-bond donors (Lipinski definition) is 1. The van der Waals surface area contributed by atoms with E-state index in [9.17, 15) is 18.0 Å². The summed E-state index contributed by atoms with van der Waals surface area (Å²) < 4.78 is 39.9. The van der Waals surface area contributed by atoms with E-state index >= 15 is 0 Å². The third-order valence-corrected chi connectivity index (χ3v) is 6.35. The van der Waals surface area contributed by atoms with E-state index in [2.05, 4.69) is 10.4 Å². The molecule has 0 saturated heterocycles. The first-order valence-electron chi connectivity index (χ1n) is 8.71. The Labute approximate surface area is 150 Å². The zero-order valence-corrected chi connectivity index (χ0v) is 15.3. The van der Waals surface area contributed by atoms with Gasteiger partial charge in [-0.3, -0.25) is 9.48 Å². The molecule has 0 radical (unpaired) electrons. The first-order chi connectivity index (χ1) is 11.6. The molecule has 1 N–H and O–H groups in total. The topological polar surface area (TPSA) is 46.9 Å². The number of carbonyl (C=O) groups excluding carboxylic acids is 1. The van der Waals surface area contributed by atoms with Crippen LogP contribution in [0.3, 0.4) is 0 Å². The smallest absolute Gasteiger partial charge is 0.352 e. The third kappa shape index (κ3) is 3.39. The van der Waals surface area contributed by atoms with E-state index in [-0.39, 0.29) is 17.6 Å². The summed E-state index contributed by atoms with van der Waals surface area (Å²) >= 11 is 5.76. The molecule has 5 unspecified atom stereocenters. The van der Waals surface area contributed by atoms with Crippen LogP contribution in [-0.4, -0.2) is 21.7 Å². The molecule has 2 aliphatic carbocycles. The summed E-state index contributed by atoms with van der Waals surface area (Å²) in [5, 5.41) is 6.07. The largest absolute Gasteiger partial charge is 0.436 e. The van der Waals surface area contributed by atoms with Gasteiger partial charge in [0.2, 0.25) is 5.91 Å². The second-order valence-corrected chi connectivity index (χ2v) is 7.88. The summed E-state index contributed by atoms with van der Waals surface area (Å²) in [7, 11) is 0. The first kappa shape index (κ1) is 18.5. The second-order valence-electron chi connectivity index (χ2n) is 7.50. The Hall–Kier alpha value is -1.24. The van der Waals surface area contributed by atoms with Gasteiger partial charge in [-0.25, -0.2) is 0 Å². The molecule has 1 heterocycles. The number of alkyl halides is 3. The molecule has 1 amide bonds. The van der Waals surface area contributed by atoms with Gasteiger partial charge in [-0.2, -0.15) is 18.3 Å². The van der Waals surface area contributed by atoms with Gasteiger partial charge >= 0.3 is 6.18 Å². The number of halogens is 4. The number of carbonyl (C=O) groups is 1. The molecule has 3 rings (SSSR count). The molecule has 25 heavy (non-hydrogen) atoms. The minimum atomic E-state index is -4.64. The maximum absolute atomic E-state index is 12.9. The van der Waals surface area contributed by atoms with Gasteiger partial charge in [-0.15, -0.1) is 0 Å². The fourth-order valence-corrected chi connectivity index (χ4v) is 4.76. The maximum atomic E-state index is 12.9. The van der Waals surface area contributed by atoms with Gasteiger partial charge in [0.1, 0.15) is 6.04 Å². The summed E-state index contributed by atoms with van der Waals surface area (Å²) in [6.45, 7) is 4.97. The van der Waals surface area contributed by atoms with E-state index in [0.717, 1.165) is 17.0 Å². The van der Waals surface area contributed by atoms with E-state index < -0.39 is 22.9 Å². The van der Waals surface area contributed by atoms with Crippen LogP contribution in [0.15, 0.2) is 0 Å². The van der Waals surface area contributed by atoms with Crippen molar-refractivity contribution in [3.8, 4) is 0 Å². The summed E-state index contributed by atoms with van der Waals surface area (Å²) in [6, 6.07) is -0.840. The molecule has 1 aromatic rings. The highest BCUT2D eigenvalue weighted by Crippen LogP contribution is 2.49. The lowest BCUT2D eigenvalue weighted by Crippen LogP contribution is -2.43. The van der Waals surface area contributed by atoms with Crippen molar-refractivity contribution in [1.82, 2.24) is 15.1 Å². The van der Waals surface area contributed by atoms with Crippen molar-refractivity contribution in [3.05, 3.63) is 16.4 Å². The van der Waals surface area contributed by atoms with E-state index in [1.165, 1.54) is 26.2 Å². The molecule has 1 aromatic heterocycles. The van der Waals surface area contributed by atoms with Crippen LogP contribution >= 0.6 is 11.6 Å². The number of nitrogens with zero attached hydrogens (tertiary/aromatic N) is 2. The lowest BCUT2D eigenvalue weighted by atomic mass is 9.84. The van der Waals surface area contributed by atoms with Gasteiger partial charge in [0.15, 0.2) is 5.69 Å². The average molecular weight is 378 g/mol. The summed E-state index contributed by atoms with van der Waals surface area (Å²) in [6.07, 6.45) is 0.228. The number of amides is 1. The third-order valence-electron chi connectivity index (χ3n) is 5.90. The Morgan fingerprint density at radius 2 is 2.00 bits per heavy atom. The molecule has 2 saturated carbocycles. The molecule has 140 valence electrons. The first-order valence-corrected chi connectivity index (χ1v) is 9.09. The van der Waals surface area contributed by atoms with Crippen LogP contribution in [0.2, 0.25) is 5.02 Å². The van der Waals surface area contributed by atoms with Crippen LogP contribution in [0.4, 0.5) is 13.2 Å². The minimum absolute atomic E-state index is 0.0127. The van der Waals surface area contributed by atoms with E-state index in [1.807, 2.05) is 6.92 Å². The van der Waals surface area contributed by atoms with Crippen molar-refractivity contribution in [3.63, 3.8) is 0 Å². The van der Waals surface area contributed by atoms with Crippen molar-refractivity contribution in [1.29, 1.82) is 0 Å². The van der Waals surface area contributed by atoms with Crippen molar-refractivity contribution in [2.45, 2.75) is 64.7 Å². The van der Waals surface area contributed by atoms with Gasteiger partial charge in [0.05, 0.1) is 10.7 Å². The van der Waals surface area contributed by atoms with Crippen LogP contribution in [-0.2, 0) is 11.0 Å². The standard InChI is InChI=1S/C17H23ClF3N3O/c1-8(13-7-11-4-5-12(13)6-11)22-16(25)10(3)24-9(2)14(18)15(23-24)17(19,20)21/h8,10-13H,4-7H2,1-3H3,(H,22,25). The number of rotatable bonds is 4. The summed E-state index contributed by atoms with van der Waals surface area (Å²) in [4.78, 5) is 12.5. The number of nitrogens with one attached hydrogen (secondary N) is 1. The lowest BCUT2D eigenvalue weighted by Gasteiger charge is -2.29. The molecular weight excluding hydrogens is 355 g/mol. The Morgan fingerprint density at radius 3 is 2.48 bits per heavy atom. The van der Waals surface area contributed by atoms with Crippen LogP contribution in [0.1, 0.15) is 57.0 Å². The van der Waals surface area contributed by atoms with Crippen molar-refractivity contribution in [2.24, 2.45) is 17.8 Å². The van der Waals surface area contributed by atoms with Crippen LogP contribution < -0.4 is 5.32 Å².